The van der Waals surface area contributed by atoms with Crippen molar-refractivity contribution < 1.29 is 17.6 Å². The van der Waals surface area contributed by atoms with Crippen molar-refractivity contribution in [2.24, 2.45) is 0 Å². The quantitative estimate of drug-likeness (QED) is 0.683. The number of nitrogens with zero attached hydrogens (tertiary/aromatic N) is 2. The zero-order valence-corrected chi connectivity index (χ0v) is 10.9. The van der Waals surface area contributed by atoms with Crippen LogP contribution in [-0.2, 0) is 5.75 Å². The van der Waals surface area contributed by atoms with Gasteiger partial charge in [-0.1, -0.05) is 11.8 Å². The van der Waals surface area contributed by atoms with Crippen LogP contribution in [0.5, 0.6) is 0 Å². The van der Waals surface area contributed by atoms with Crippen molar-refractivity contribution in [1.82, 2.24) is 10.2 Å². The fourth-order valence-corrected chi connectivity index (χ4v) is 2.30. The lowest BCUT2D eigenvalue weighted by Gasteiger charge is -2.00. The first-order valence-corrected chi connectivity index (χ1v) is 6.65. The van der Waals surface area contributed by atoms with E-state index in [1.165, 1.54) is 6.26 Å². The highest BCUT2D eigenvalue weighted by Crippen LogP contribution is 2.26. The summed E-state index contributed by atoms with van der Waals surface area (Å²) in [5.41, 5.74) is 0.243. The molecule has 2 heterocycles. The van der Waals surface area contributed by atoms with Gasteiger partial charge in [-0.05, 0) is 30.3 Å². The third-order valence-electron chi connectivity index (χ3n) is 2.50. The van der Waals surface area contributed by atoms with Crippen molar-refractivity contribution in [2.45, 2.75) is 11.0 Å². The minimum Gasteiger partial charge on any atom is -0.459 e. The summed E-state index contributed by atoms with van der Waals surface area (Å²) in [5.74, 6) is -0.0457. The Hall–Kier alpha value is -2.15. The molecule has 0 unspecified atom stereocenters. The summed E-state index contributed by atoms with van der Waals surface area (Å²) in [4.78, 5) is 0. The molecule has 0 atom stereocenters. The zero-order chi connectivity index (χ0) is 13.9. The Bertz CT molecular complexity index is 713. The van der Waals surface area contributed by atoms with Gasteiger partial charge < -0.3 is 8.83 Å². The van der Waals surface area contributed by atoms with Crippen LogP contribution in [0, 0.1) is 11.6 Å². The molecular formula is C13H8F2N2O2S. The Labute approximate surface area is 116 Å². The molecule has 0 bridgehead atoms. The van der Waals surface area contributed by atoms with E-state index in [-0.39, 0.29) is 22.4 Å². The summed E-state index contributed by atoms with van der Waals surface area (Å²) >= 11 is 1.13. The van der Waals surface area contributed by atoms with E-state index >= 15 is 0 Å². The number of thioether (sulfide) groups is 1. The number of benzene rings is 1. The summed E-state index contributed by atoms with van der Waals surface area (Å²) in [7, 11) is 0. The summed E-state index contributed by atoms with van der Waals surface area (Å²) < 4.78 is 36.9. The number of hydrogen-bond donors (Lipinski definition) is 0. The highest BCUT2D eigenvalue weighted by molar-refractivity contribution is 7.98. The van der Waals surface area contributed by atoms with Crippen LogP contribution in [0.1, 0.15) is 5.56 Å². The topological polar surface area (TPSA) is 52.1 Å². The number of furan rings is 1. The molecule has 0 fully saturated rings. The molecule has 4 nitrogen and oxygen atoms in total. The Morgan fingerprint density at radius 3 is 2.85 bits per heavy atom. The summed E-state index contributed by atoms with van der Waals surface area (Å²) in [6, 6.07) is 6.70. The van der Waals surface area contributed by atoms with E-state index in [1.807, 2.05) is 0 Å². The maximum atomic E-state index is 13.4. The molecule has 0 N–H and O–H groups in total. The largest absolute Gasteiger partial charge is 0.459 e. The zero-order valence-electron chi connectivity index (χ0n) is 10.0. The lowest BCUT2D eigenvalue weighted by atomic mass is 10.2. The van der Waals surface area contributed by atoms with Gasteiger partial charge in [-0.25, -0.2) is 8.78 Å². The molecule has 0 aliphatic rings. The second-order valence-electron chi connectivity index (χ2n) is 3.87. The van der Waals surface area contributed by atoms with E-state index in [4.69, 9.17) is 8.83 Å². The van der Waals surface area contributed by atoms with E-state index in [0.29, 0.717) is 5.76 Å². The van der Waals surface area contributed by atoms with Crippen LogP contribution in [0.25, 0.3) is 11.7 Å². The first kappa shape index (κ1) is 12.9. The van der Waals surface area contributed by atoms with Gasteiger partial charge >= 0.3 is 0 Å². The van der Waals surface area contributed by atoms with E-state index in [1.54, 1.807) is 12.1 Å². The molecule has 7 heteroatoms. The molecule has 0 aliphatic heterocycles. The van der Waals surface area contributed by atoms with Crippen molar-refractivity contribution in [3.8, 4) is 11.7 Å². The second-order valence-corrected chi connectivity index (χ2v) is 4.80. The van der Waals surface area contributed by atoms with Crippen LogP contribution in [0.15, 0.2) is 50.7 Å². The van der Waals surface area contributed by atoms with Gasteiger partial charge in [0.05, 0.1) is 6.26 Å². The predicted octanol–water partition coefficient (Wildman–Crippen LogP) is 3.90. The Kier molecular flexibility index (Phi) is 3.51. The van der Waals surface area contributed by atoms with Gasteiger partial charge in [0.1, 0.15) is 11.6 Å². The Morgan fingerprint density at radius 2 is 2.05 bits per heavy atom. The molecule has 3 rings (SSSR count). The number of halogens is 2. The highest BCUT2D eigenvalue weighted by Gasteiger charge is 2.12. The second kappa shape index (κ2) is 5.46. The SMILES string of the molecule is Fc1ccc(F)c(CSc2nnc(-c3ccco3)o2)c1. The van der Waals surface area contributed by atoms with Crippen LogP contribution >= 0.6 is 11.8 Å². The Morgan fingerprint density at radius 1 is 1.15 bits per heavy atom. The maximum Gasteiger partial charge on any atom is 0.284 e. The summed E-state index contributed by atoms with van der Waals surface area (Å²) in [6.07, 6.45) is 1.49. The Balaban J connectivity index is 1.71. The smallest absolute Gasteiger partial charge is 0.284 e. The minimum absolute atomic E-state index is 0.198. The molecule has 0 radical (unpaired) electrons. The monoisotopic (exact) mass is 294 g/mol. The van der Waals surface area contributed by atoms with Crippen molar-refractivity contribution >= 4 is 11.8 Å². The van der Waals surface area contributed by atoms with Gasteiger partial charge in [-0.2, -0.15) is 0 Å². The standard InChI is InChI=1S/C13H8F2N2O2S/c14-9-3-4-10(15)8(6-9)7-20-13-17-16-12(19-13)11-2-1-5-18-11/h1-6H,7H2. The van der Waals surface area contributed by atoms with E-state index < -0.39 is 11.6 Å². The molecule has 0 saturated carbocycles. The van der Waals surface area contributed by atoms with Gasteiger partial charge in [0.25, 0.3) is 11.1 Å². The molecule has 2 aromatic heterocycles. The predicted molar refractivity (Wildman–Crippen MR) is 67.9 cm³/mol. The minimum atomic E-state index is -0.483. The number of aromatic nitrogens is 2. The van der Waals surface area contributed by atoms with Crippen molar-refractivity contribution in [3.05, 3.63) is 53.8 Å². The van der Waals surface area contributed by atoms with Gasteiger partial charge in [0.2, 0.25) is 0 Å². The average molecular weight is 294 g/mol. The third kappa shape index (κ3) is 2.72. The van der Waals surface area contributed by atoms with Crippen LogP contribution in [0.2, 0.25) is 0 Å². The van der Waals surface area contributed by atoms with Gasteiger partial charge in [-0.3, -0.25) is 0 Å². The van der Waals surface area contributed by atoms with E-state index in [9.17, 15) is 8.78 Å². The van der Waals surface area contributed by atoms with Gasteiger partial charge in [0.15, 0.2) is 5.76 Å². The summed E-state index contributed by atoms with van der Waals surface area (Å²) in [6.45, 7) is 0. The normalized spacial score (nSPS) is 10.9. The average Bonchev–Trinajstić information content (AvgIpc) is 3.09. The molecule has 1 aromatic carbocycles. The lowest BCUT2D eigenvalue weighted by Crippen LogP contribution is -1.89. The van der Waals surface area contributed by atoms with Gasteiger partial charge in [-0.15, -0.1) is 10.2 Å². The van der Waals surface area contributed by atoms with Crippen molar-refractivity contribution in [2.75, 3.05) is 0 Å². The maximum absolute atomic E-state index is 13.4. The first-order valence-electron chi connectivity index (χ1n) is 5.66. The lowest BCUT2D eigenvalue weighted by molar-refractivity contribution is 0.447. The number of rotatable bonds is 4. The van der Waals surface area contributed by atoms with Crippen LogP contribution in [0.4, 0.5) is 8.78 Å². The molecule has 0 aliphatic carbocycles. The molecule has 0 spiro atoms. The molecule has 0 saturated heterocycles. The molecular weight excluding hydrogens is 286 g/mol. The fraction of sp³-hybridized carbons (Fsp3) is 0.0769. The van der Waals surface area contributed by atoms with E-state index in [0.717, 1.165) is 30.0 Å². The molecule has 102 valence electrons. The van der Waals surface area contributed by atoms with Crippen molar-refractivity contribution in [3.63, 3.8) is 0 Å². The van der Waals surface area contributed by atoms with Crippen LogP contribution < -0.4 is 0 Å². The van der Waals surface area contributed by atoms with Crippen LogP contribution in [-0.4, -0.2) is 10.2 Å². The molecule has 3 aromatic rings. The first-order chi connectivity index (χ1) is 9.72. The van der Waals surface area contributed by atoms with E-state index in [2.05, 4.69) is 10.2 Å². The number of hydrogen-bond acceptors (Lipinski definition) is 5. The van der Waals surface area contributed by atoms with Gasteiger partial charge in [0, 0.05) is 11.3 Å². The van der Waals surface area contributed by atoms with Crippen molar-refractivity contribution in [1.29, 1.82) is 0 Å². The van der Waals surface area contributed by atoms with Crippen LogP contribution in [0.3, 0.4) is 0 Å². The fourth-order valence-electron chi connectivity index (χ4n) is 1.56. The molecule has 0 amide bonds. The highest BCUT2D eigenvalue weighted by atomic mass is 32.2. The summed E-state index contributed by atoms with van der Waals surface area (Å²) in [5, 5.41) is 7.89. The molecule has 20 heavy (non-hydrogen) atoms. The third-order valence-corrected chi connectivity index (χ3v) is 3.36.